The fourth-order valence-corrected chi connectivity index (χ4v) is 3.74. The van der Waals surface area contributed by atoms with Crippen molar-refractivity contribution >= 4 is 11.0 Å². The van der Waals surface area contributed by atoms with E-state index in [0.29, 0.717) is 17.7 Å². The van der Waals surface area contributed by atoms with Crippen molar-refractivity contribution in [2.45, 2.75) is 45.4 Å². The highest BCUT2D eigenvalue weighted by Crippen LogP contribution is 2.28. The molecule has 1 heterocycles. The SMILES string of the molecule is CC(C)[C@H](N[S@@](=O)C(C)(C)C)c1ccc(-c2nnc(-c3ccccc3)o2)cc1. The van der Waals surface area contributed by atoms with Crippen LogP contribution in [0.1, 0.15) is 46.2 Å². The summed E-state index contributed by atoms with van der Waals surface area (Å²) in [5.74, 6) is 1.28. The van der Waals surface area contributed by atoms with Gasteiger partial charge in [-0.25, -0.2) is 8.93 Å². The van der Waals surface area contributed by atoms with Crippen LogP contribution >= 0.6 is 0 Å². The van der Waals surface area contributed by atoms with Crippen LogP contribution in [0, 0.1) is 5.92 Å². The zero-order valence-corrected chi connectivity index (χ0v) is 17.8. The molecular weight excluding hydrogens is 370 g/mol. The van der Waals surface area contributed by atoms with Crippen LogP contribution < -0.4 is 4.72 Å². The number of nitrogens with zero attached hydrogens (tertiary/aromatic N) is 2. The lowest BCUT2D eigenvalue weighted by atomic mass is 9.96. The lowest BCUT2D eigenvalue weighted by Crippen LogP contribution is -2.37. The van der Waals surface area contributed by atoms with Gasteiger partial charge in [-0.05, 0) is 56.5 Å². The van der Waals surface area contributed by atoms with Gasteiger partial charge in [-0.15, -0.1) is 10.2 Å². The molecule has 0 amide bonds. The molecule has 1 aromatic heterocycles. The molecule has 0 radical (unpaired) electrons. The van der Waals surface area contributed by atoms with Crippen molar-refractivity contribution in [3.63, 3.8) is 0 Å². The van der Waals surface area contributed by atoms with Gasteiger partial charge >= 0.3 is 0 Å². The van der Waals surface area contributed by atoms with Gasteiger partial charge in [0.1, 0.15) is 0 Å². The zero-order chi connectivity index (χ0) is 20.3. The molecule has 0 aliphatic rings. The second-order valence-electron chi connectivity index (χ2n) is 8.12. The summed E-state index contributed by atoms with van der Waals surface area (Å²) in [5.41, 5.74) is 2.84. The van der Waals surface area contributed by atoms with Crippen LogP contribution in [0.5, 0.6) is 0 Å². The Labute approximate surface area is 169 Å². The Balaban J connectivity index is 1.80. The molecule has 0 fully saturated rings. The van der Waals surface area contributed by atoms with Crippen LogP contribution in [-0.2, 0) is 11.0 Å². The molecule has 0 spiro atoms. The van der Waals surface area contributed by atoms with E-state index in [2.05, 4.69) is 28.8 Å². The fourth-order valence-electron chi connectivity index (χ4n) is 2.75. The number of nitrogens with one attached hydrogen (secondary N) is 1. The Morgan fingerprint density at radius 2 is 1.43 bits per heavy atom. The number of rotatable bonds is 6. The molecule has 0 aliphatic carbocycles. The molecule has 0 aliphatic heterocycles. The molecule has 6 heteroatoms. The summed E-state index contributed by atoms with van der Waals surface area (Å²) in [6.07, 6.45) is 0. The Kier molecular flexibility index (Phi) is 6.10. The molecule has 1 N–H and O–H groups in total. The maximum absolute atomic E-state index is 12.5. The van der Waals surface area contributed by atoms with Crippen LogP contribution in [-0.4, -0.2) is 19.2 Å². The van der Waals surface area contributed by atoms with E-state index in [-0.39, 0.29) is 10.8 Å². The van der Waals surface area contributed by atoms with E-state index in [4.69, 9.17) is 4.42 Å². The summed E-state index contributed by atoms with van der Waals surface area (Å²) in [5, 5.41) is 8.32. The van der Waals surface area contributed by atoms with E-state index in [1.165, 1.54) is 0 Å². The standard InChI is InChI=1S/C22H27N3O2S/c1-15(2)19(25-28(26)22(3,4)5)16-11-13-18(14-12-16)21-24-23-20(27-21)17-9-7-6-8-10-17/h6-15,19,25H,1-5H3/t19-,28-/m0/s1. The molecular formula is C22H27N3O2S. The first-order chi connectivity index (χ1) is 13.3. The van der Waals surface area contributed by atoms with Crippen LogP contribution in [0.4, 0.5) is 0 Å². The van der Waals surface area contributed by atoms with E-state index in [1.54, 1.807) is 0 Å². The molecule has 0 saturated heterocycles. The second kappa shape index (κ2) is 8.37. The molecule has 3 aromatic rings. The van der Waals surface area contributed by atoms with Crippen molar-refractivity contribution in [1.82, 2.24) is 14.9 Å². The minimum atomic E-state index is -1.14. The maximum Gasteiger partial charge on any atom is 0.248 e. The predicted molar refractivity (Wildman–Crippen MR) is 114 cm³/mol. The van der Waals surface area contributed by atoms with Crippen molar-refractivity contribution in [2.24, 2.45) is 5.92 Å². The molecule has 148 valence electrons. The molecule has 3 rings (SSSR count). The van der Waals surface area contributed by atoms with Crippen molar-refractivity contribution in [2.75, 3.05) is 0 Å². The summed E-state index contributed by atoms with van der Waals surface area (Å²) in [4.78, 5) is 0. The Morgan fingerprint density at radius 1 is 0.893 bits per heavy atom. The van der Waals surface area contributed by atoms with Gasteiger partial charge in [-0.1, -0.05) is 44.2 Å². The fraction of sp³-hybridized carbons (Fsp3) is 0.364. The average Bonchev–Trinajstić information content (AvgIpc) is 3.16. The number of aromatic nitrogens is 2. The highest BCUT2D eigenvalue weighted by molar-refractivity contribution is 7.84. The third-order valence-electron chi connectivity index (χ3n) is 4.42. The van der Waals surface area contributed by atoms with Gasteiger partial charge in [0.15, 0.2) is 0 Å². The number of benzene rings is 2. The summed E-state index contributed by atoms with van der Waals surface area (Å²) < 4.78 is 21.3. The lowest BCUT2D eigenvalue weighted by molar-refractivity contribution is 0.473. The quantitative estimate of drug-likeness (QED) is 0.624. The van der Waals surface area contributed by atoms with Crippen LogP contribution in [0.25, 0.3) is 22.9 Å². The molecule has 2 atom stereocenters. The largest absolute Gasteiger partial charge is 0.416 e. The minimum absolute atomic E-state index is 0.00308. The molecule has 0 unspecified atom stereocenters. The Bertz CT molecular complexity index is 928. The van der Waals surface area contributed by atoms with Gasteiger partial charge in [0, 0.05) is 17.2 Å². The van der Waals surface area contributed by atoms with Crippen molar-refractivity contribution in [3.05, 3.63) is 60.2 Å². The Morgan fingerprint density at radius 3 is 1.93 bits per heavy atom. The van der Waals surface area contributed by atoms with E-state index in [9.17, 15) is 4.21 Å². The smallest absolute Gasteiger partial charge is 0.248 e. The third-order valence-corrected chi connectivity index (χ3v) is 6.00. The highest BCUT2D eigenvalue weighted by atomic mass is 32.2. The second-order valence-corrected chi connectivity index (χ2v) is 10.1. The first-order valence-corrected chi connectivity index (χ1v) is 10.6. The third kappa shape index (κ3) is 4.75. The number of hydrogen-bond acceptors (Lipinski definition) is 4. The van der Waals surface area contributed by atoms with Gasteiger partial charge in [-0.2, -0.15) is 0 Å². The zero-order valence-electron chi connectivity index (χ0n) is 17.0. The van der Waals surface area contributed by atoms with Gasteiger partial charge < -0.3 is 4.42 Å². The predicted octanol–water partition coefficient (Wildman–Crippen LogP) is 5.15. The Hall–Kier alpha value is -2.31. The molecule has 0 saturated carbocycles. The van der Waals surface area contributed by atoms with Gasteiger partial charge in [0.25, 0.3) is 0 Å². The summed E-state index contributed by atoms with van der Waals surface area (Å²) in [7, 11) is -1.14. The summed E-state index contributed by atoms with van der Waals surface area (Å²) in [6.45, 7) is 10.1. The molecule has 0 bridgehead atoms. The lowest BCUT2D eigenvalue weighted by Gasteiger charge is -2.27. The average molecular weight is 398 g/mol. The first-order valence-electron chi connectivity index (χ1n) is 9.43. The highest BCUT2D eigenvalue weighted by Gasteiger charge is 2.25. The van der Waals surface area contributed by atoms with Crippen molar-refractivity contribution in [3.8, 4) is 22.9 Å². The van der Waals surface area contributed by atoms with E-state index in [0.717, 1.165) is 16.7 Å². The van der Waals surface area contributed by atoms with Gasteiger partial charge in [0.05, 0.1) is 15.7 Å². The maximum atomic E-state index is 12.5. The van der Waals surface area contributed by atoms with E-state index >= 15 is 0 Å². The summed E-state index contributed by atoms with van der Waals surface area (Å²) in [6, 6.07) is 17.7. The summed E-state index contributed by atoms with van der Waals surface area (Å²) >= 11 is 0. The first kappa shape index (κ1) is 20.4. The van der Waals surface area contributed by atoms with Crippen LogP contribution in [0.15, 0.2) is 59.0 Å². The van der Waals surface area contributed by atoms with Crippen molar-refractivity contribution < 1.29 is 8.63 Å². The van der Waals surface area contributed by atoms with Gasteiger partial charge in [0.2, 0.25) is 11.8 Å². The molecule has 28 heavy (non-hydrogen) atoms. The van der Waals surface area contributed by atoms with E-state index in [1.807, 2.05) is 75.4 Å². The van der Waals surface area contributed by atoms with Gasteiger partial charge in [-0.3, -0.25) is 0 Å². The normalized spacial score (nSPS) is 14.2. The monoisotopic (exact) mass is 397 g/mol. The number of hydrogen-bond donors (Lipinski definition) is 1. The van der Waals surface area contributed by atoms with Crippen molar-refractivity contribution in [1.29, 1.82) is 0 Å². The minimum Gasteiger partial charge on any atom is -0.416 e. The van der Waals surface area contributed by atoms with Crippen LogP contribution in [0.3, 0.4) is 0 Å². The van der Waals surface area contributed by atoms with Crippen LogP contribution in [0.2, 0.25) is 0 Å². The van der Waals surface area contributed by atoms with E-state index < -0.39 is 11.0 Å². The molecule has 2 aromatic carbocycles. The molecule has 5 nitrogen and oxygen atoms in total. The topological polar surface area (TPSA) is 68.0 Å².